The van der Waals surface area contributed by atoms with Crippen LogP contribution >= 0.6 is 0 Å². The number of hydrogen-bond acceptors (Lipinski definition) is 3. The Kier molecular flexibility index (Phi) is 2.93. The molecule has 0 bridgehead atoms. The molecule has 2 aromatic rings. The molecule has 0 aliphatic heterocycles. The van der Waals surface area contributed by atoms with Crippen molar-refractivity contribution in [2.24, 2.45) is 0 Å². The quantitative estimate of drug-likeness (QED) is 0.909. The number of rotatable bonds is 4. The van der Waals surface area contributed by atoms with E-state index in [4.69, 9.17) is 4.74 Å². The number of methoxy groups -OCH3 is 1. The summed E-state index contributed by atoms with van der Waals surface area (Å²) in [4.78, 5) is 4.56. The molecule has 1 saturated carbocycles. The average molecular weight is 257 g/mol. The zero-order valence-corrected chi connectivity index (χ0v) is 11.6. The molecule has 1 N–H and O–H groups in total. The smallest absolute Gasteiger partial charge is 0.207 e. The second-order valence-corrected chi connectivity index (χ2v) is 5.15. The van der Waals surface area contributed by atoms with E-state index in [0.29, 0.717) is 6.04 Å². The van der Waals surface area contributed by atoms with Gasteiger partial charge < -0.3 is 14.6 Å². The van der Waals surface area contributed by atoms with Crippen molar-refractivity contribution in [2.75, 3.05) is 12.4 Å². The van der Waals surface area contributed by atoms with Crippen LogP contribution in [0.15, 0.2) is 24.4 Å². The van der Waals surface area contributed by atoms with Gasteiger partial charge in [-0.1, -0.05) is 0 Å². The van der Waals surface area contributed by atoms with Gasteiger partial charge in [-0.3, -0.25) is 0 Å². The molecule has 0 saturated heterocycles. The van der Waals surface area contributed by atoms with Crippen molar-refractivity contribution in [1.82, 2.24) is 9.55 Å². The SMILES string of the molecule is COc1ccc(Nc2nc(C)cn2C2CC2)cc1C. The fourth-order valence-electron chi connectivity index (χ4n) is 2.32. The lowest BCUT2D eigenvalue weighted by molar-refractivity contribution is 0.412. The molecular weight excluding hydrogens is 238 g/mol. The standard InChI is InChI=1S/C15H19N3O/c1-10-8-12(4-7-14(10)19-3)17-15-16-11(2)9-18(15)13-5-6-13/h4,7-9,13H,5-6H2,1-3H3,(H,16,17). The molecule has 1 aromatic heterocycles. The minimum Gasteiger partial charge on any atom is -0.496 e. The molecule has 4 heteroatoms. The zero-order valence-electron chi connectivity index (χ0n) is 11.6. The maximum absolute atomic E-state index is 5.28. The highest BCUT2D eigenvalue weighted by Crippen LogP contribution is 2.38. The van der Waals surface area contributed by atoms with Gasteiger partial charge in [-0.25, -0.2) is 4.98 Å². The Morgan fingerprint density at radius 2 is 2.11 bits per heavy atom. The first-order valence-electron chi connectivity index (χ1n) is 6.64. The molecule has 4 nitrogen and oxygen atoms in total. The number of imidazole rings is 1. The normalized spacial score (nSPS) is 14.5. The molecule has 1 fully saturated rings. The summed E-state index contributed by atoms with van der Waals surface area (Å²) in [5, 5.41) is 3.40. The van der Waals surface area contributed by atoms with Crippen LogP contribution in [0.5, 0.6) is 5.75 Å². The third-order valence-corrected chi connectivity index (χ3v) is 3.44. The summed E-state index contributed by atoms with van der Waals surface area (Å²) in [5.41, 5.74) is 3.22. The third kappa shape index (κ3) is 2.43. The summed E-state index contributed by atoms with van der Waals surface area (Å²) in [6, 6.07) is 6.71. The largest absolute Gasteiger partial charge is 0.496 e. The summed E-state index contributed by atoms with van der Waals surface area (Å²) in [6.07, 6.45) is 4.63. The van der Waals surface area contributed by atoms with Crippen LogP contribution in [-0.4, -0.2) is 16.7 Å². The first-order valence-corrected chi connectivity index (χ1v) is 6.64. The van der Waals surface area contributed by atoms with Crippen molar-refractivity contribution in [2.45, 2.75) is 32.7 Å². The molecule has 1 aliphatic rings. The lowest BCUT2D eigenvalue weighted by Gasteiger charge is -2.11. The Hall–Kier alpha value is -1.97. The van der Waals surface area contributed by atoms with Gasteiger partial charge in [0.2, 0.25) is 5.95 Å². The van der Waals surface area contributed by atoms with Gasteiger partial charge in [0, 0.05) is 17.9 Å². The van der Waals surface area contributed by atoms with Crippen molar-refractivity contribution in [3.05, 3.63) is 35.7 Å². The Morgan fingerprint density at radius 3 is 2.74 bits per heavy atom. The number of aryl methyl sites for hydroxylation is 2. The van der Waals surface area contributed by atoms with Gasteiger partial charge in [0.1, 0.15) is 5.75 Å². The molecule has 0 spiro atoms. The minimum atomic E-state index is 0.628. The van der Waals surface area contributed by atoms with Gasteiger partial charge in [-0.2, -0.15) is 0 Å². The van der Waals surface area contributed by atoms with Crippen LogP contribution in [0.2, 0.25) is 0 Å². The van der Waals surface area contributed by atoms with E-state index in [0.717, 1.165) is 28.6 Å². The Balaban J connectivity index is 1.86. The Morgan fingerprint density at radius 1 is 1.32 bits per heavy atom. The summed E-state index contributed by atoms with van der Waals surface area (Å²) >= 11 is 0. The van der Waals surface area contributed by atoms with Gasteiger partial charge in [-0.05, 0) is 50.5 Å². The maximum Gasteiger partial charge on any atom is 0.207 e. The molecule has 0 atom stereocenters. The van der Waals surface area contributed by atoms with Gasteiger partial charge in [0.25, 0.3) is 0 Å². The molecule has 3 rings (SSSR count). The highest BCUT2D eigenvalue weighted by Gasteiger charge is 2.26. The number of nitrogens with zero attached hydrogens (tertiary/aromatic N) is 2. The highest BCUT2D eigenvalue weighted by molar-refractivity contribution is 5.57. The molecule has 0 radical (unpaired) electrons. The van der Waals surface area contributed by atoms with Gasteiger partial charge >= 0.3 is 0 Å². The predicted molar refractivity (Wildman–Crippen MR) is 76.2 cm³/mol. The monoisotopic (exact) mass is 257 g/mol. The van der Waals surface area contributed by atoms with Gasteiger partial charge in [-0.15, -0.1) is 0 Å². The van der Waals surface area contributed by atoms with Crippen LogP contribution in [0, 0.1) is 13.8 Å². The van der Waals surface area contributed by atoms with Gasteiger partial charge in [0.15, 0.2) is 0 Å². The van der Waals surface area contributed by atoms with E-state index in [-0.39, 0.29) is 0 Å². The second-order valence-electron chi connectivity index (χ2n) is 5.15. The van der Waals surface area contributed by atoms with E-state index in [2.05, 4.69) is 27.1 Å². The van der Waals surface area contributed by atoms with Crippen LogP contribution < -0.4 is 10.1 Å². The summed E-state index contributed by atoms with van der Waals surface area (Å²) < 4.78 is 7.52. The molecule has 0 amide bonds. The van der Waals surface area contributed by atoms with Crippen LogP contribution in [0.4, 0.5) is 11.6 Å². The van der Waals surface area contributed by atoms with Gasteiger partial charge in [0.05, 0.1) is 12.8 Å². The van der Waals surface area contributed by atoms with E-state index in [1.165, 1.54) is 12.8 Å². The predicted octanol–water partition coefficient (Wildman–Crippen LogP) is 3.59. The Bertz CT molecular complexity index is 599. The molecular formula is C15H19N3O. The third-order valence-electron chi connectivity index (χ3n) is 3.44. The first-order chi connectivity index (χ1) is 9.17. The maximum atomic E-state index is 5.28. The molecule has 1 heterocycles. The number of anilines is 2. The molecule has 100 valence electrons. The van der Waals surface area contributed by atoms with Crippen molar-refractivity contribution >= 4 is 11.6 Å². The number of nitrogens with one attached hydrogen (secondary N) is 1. The lowest BCUT2D eigenvalue weighted by atomic mass is 10.2. The topological polar surface area (TPSA) is 39.1 Å². The Labute approximate surface area is 113 Å². The zero-order chi connectivity index (χ0) is 13.4. The van der Waals surface area contributed by atoms with Crippen LogP contribution in [0.3, 0.4) is 0 Å². The van der Waals surface area contributed by atoms with Crippen molar-refractivity contribution < 1.29 is 4.74 Å². The molecule has 0 unspecified atom stereocenters. The van der Waals surface area contributed by atoms with E-state index in [1.807, 2.05) is 26.0 Å². The minimum absolute atomic E-state index is 0.628. The van der Waals surface area contributed by atoms with Crippen LogP contribution in [0.1, 0.15) is 30.1 Å². The fourth-order valence-corrected chi connectivity index (χ4v) is 2.32. The number of hydrogen-bond donors (Lipinski definition) is 1. The lowest BCUT2D eigenvalue weighted by Crippen LogP contribution is -2.01. The second kappa shape index (κ2) is 4.61. The van der Waals surface area contributed by atoms with Crippen LogP contribution in [0.25, 0.3) is 0 Å². The number of aromatic nitrogens is 2. The summed E-state index contributed by atoms with van der Waals surface area (Å²) in [6.45, 7) is 4.08. The molecule has 1 aromatic carbocycles. The summed E-state index contributed by atoms with van der Waals surface area (Å²) in [7, 11) is 1.69. The molecule has 19 heavy (non-hydrogen) atoms. The van der Waals surface area contributed by atoms with Crippen molar-refractivity contribution in [3.8, 4) is 5.75 Å². The van der Waals surface area contributed by atoms with E-state index < -0.39 is 0 Å². The van der Waals surface area contributed by atoms with Crippen molar-refractivity contribution in [3.63, 3.8) is 0 Å². The van der Waals surface area contributed by atoms with Crippen LogP contribution in [-0.2, 0) is 0 Å². The highest BCUT2D eigenvalue weighted by atomic mass is 16.5. The molecule has 1 aliphatic carbocycles. The van der Waals surface area contributed by atoms with E-state index in [1.54, 1.807) is 7.11 Å². The number of ether oxygens (including phenoxy) is 1. The summed E-state index contributed by atoms with van der Waals surface area (Å²) in [5.74, 6) is 1.84. The van der Waals surface area contributed by atoms with E-state index >= 15 is 0 Å². The average Bonchev–Trinajstić information content (AvgIpc) is 3.15. The first kappa shape index (κ1) is 12.1. The number of benzene rings is 1. The van der Waals surface area contributed by atoms with E-state index in [9.17, 15) is 0 Å². The fraction of sp³-hybridized carbons (Fsp3) is 0.400. The van der Waals surface area contributed by atoms with Crippen molar-refractivity contribution in [1.29, 1.82) is 0 Å².